The van der Waals surface area contributed by atoms with E-state index in [0.717, 1.165) is 18.4 Å². The van der Waals surface area contributed by atoms with E-state index in [4.69, 9.17) is 5.73 Å². The van der Waals surface area contributed by atoms with Gasteiger partial charge in [-0.15, -0.1) is 11.3 Å². The van der Waals surface area contributed by atoms with Crippen LogP contribution in [0.1, 0.15) is 24.8 Å². The molecule has 0 aliphatic heterocycles. The van der Waals surface area contributed by atoms with Crippen LogP contribution in [-0.2, 0) is 16.6 Å². The minimum absolute atomic E-state index is 0.387. The van der Waals surface area contributed by atoms with Gasteiger partial charge in [-0.05, 0) is 35.8 Å². The molecule has 2 rings (SSSR count). The van der Waals surface area contributed by atoms with Crippen molar-refractivity contribution in [1.29, 1.82) is 0 Å². The van der Waals surface area contributed by atoms with Crippen LogP contribution in [0.3, 0.4) is 0 Å². The van der Waals surface area contributed by atoms with Gasteiger partial charge in [0.2, 0.25) is 0 Å². The molecule has 0 spiro atoms. The topological polar surface area (TPSA) is 63.4 Å². The molecule has 1 fully saturated rings. The molecule has 1 aromatic rings. The lowest BCUT2D eigenvalue weighted by Crippen LogP contribution is -2.33. The minimum Gasteiger partial charge on any atom is -0.326 e. The second-order valence-corrected chi connectivity index (χ2v) is 7.74. The Balaban J connectivity index is 2.10. The highest BCUT2D eigenvalue weighted by atomic mass is 32.2. The first kappa shape index (κ1) is 13.0. The number of sulfonamides is 1. The van der Waals surface area contributed by atoms with E-state index in [9.17, 15) is 8.42 Å². The molecule has 0 amide bonds. The Labute approximate surface area is 106 Å². The molecule has 1 saturated carbocycles. The van der Waals surface area contributed by atoms with Crippen LogP contribution in [0, 0.1) is 5.92 Å². The van der Waals surface area contributed by atoms with Crippen LogP contribution >= 0.6 is 11.3 Å². The molecule has 0 unspecified atom stereocenters. The van der Waals surface area contributed by atoms with Crippen molar-refractivity contribution >= 4 is 21.4 Å². The summed E-state index contributed by atoms with van der Waals surface area (Å²) in [5.41, 5.74) is 6.37. The largest absolute Gasteiger partial charge is 0.326 e. The number of hydrogen-bond donors (Lipinski definition) is 1. The number of thiophene rings is 1. The van der Waals surface area contributed by atoms with Crippen LogP contribution in [0.4, 0.5) is 0 Å². The average Bonchev–Trinajstić information content (AvgIpc) is 2.71. The van der Waals surface area contributed by atoms with Crippen molar-refractivity contribution in [3.63, 3.8) is 0 Å². The number of nitrogens with two attached hydrogens (primary N) is 1. The maximum Gasteiger partial charge on any atom is 0.252 e. The molecule has 1 aliphatic carbocycles. The van der Waals surface area contributed by atoms with Crippen molar-refractivity contribution in [2.45, 2.75) is 30.0 Å². The van der Waals surface area contributed by atoms with E-state index in [-0.39, 0.29) is 0 Å². The molecular weight excluding hydrogens is 256 g/mol. The summed E-state index contributed by atoms with van der Waals surface area (Å²) in [6.07, 6.45) is 3.53. The molecule has 96 valence electrons. The molecule has 6 heteroatoms. The quantitative estimate of drug-likeness (QED) is 0.887. The maximum absolute atomic E-state index is 12.2. The Morgan fingerprint density at radius 2 is 2.24 bits per heavy atom. The molecule has 0 aromatic carbocycles. The summed E-state index contributed by atoms with van der Waals surface area (Å²) in [4.78, 5) is 0. The van der Waals surface area contributed by atoms with Gasteiger partial charge >= 0.3 is 0 Å². The predicted molar refractivity (Wildman–Crippen MR) is 69.4 cm³/mol. The standard InChI is InChI=1S/C11H18N2O2S2/c1-13(7-9-3-2-4-9)17(14,15)11-5-10(6-12)8-16-11/h5,8-9H,2-4,6-7,12H2,1H3. The molecule has 1 aliphatic rings. The van der Waals surface area contributed by atoms with Gasteiger partial charge in [0.25, 0.3) is 10.0 Å². The Bertz CT molecular complexity index is 477. The van der Waals surface area contributed by atoms with Crippen molar-refractivity contribution < 1.29 is 8.42 Å². The molecule has 2 N–H and O–H groups in total. The third-order valence-corrected chi connectivity index (χ3v) is 6.56. The highest BCUT2D eigenvalue weighted by molar-refractivity contribution is 7.91. The maximum atomic E-state index is 12.2. The Morgan fingerprint density at radius 1 is 1.53 bits per heavy atom. The summed E-state index contributed by atoms with van der Waals surface area (Å²) < 4.78 is 26.3. The van der Waals surface area contributed by atoms with Crippen molar-refractivity contribution in [1.82, 2.24) is 4.31 Å². The van der Waals surface area contributed by atoms with E-state index in [2.05, 4.69) is 0 Å². The lowest BCUT2D eigenvalue weighted by molar-refractivity contribution is 0.263. The summed E-state index contributed by atoms with van der Waals surface area (Å²) in [7, 11) is -1.64. The van der Waals surface area contributed by atoms with Gasteiger partial charge in [-0.3, -0.25) is 0 Å². The van der Waals surface area contributed by atoms with E-state index < -0.39 is 10.0 Å². The van der Waals surface area contributed by atoms with Crippen molar-refractivity contribution in [2.24, 2.45) is 11.7 Å². The molecule has 0 bridgehead atoms. The summed E-state index contributed by atoms with van der Waals surface area (Å²) in [5.74, 6) is 0.545. The van der Waals surface area contributed by atoms with Crippen molar-refractivity contribution in [3.05, 3.63) is 17.0 Å². The van der Waals surface area contributed by atoms with Crippen LogP contribution in [0.25, 0.3) is 0 Å². The Hall–Kier alpha value is -0.430. The summed E-state index contributed by atoms with van der Waals surface area (Å²) in [5, 5.41) is 1.81. The van der Waals surface area contributed by atoms with Gasteiger partial charge in [0.05, 0.1) is 0 Å². The average molecular weight is 274 g/mol. The summed E-state index contributed by atoms with van der Waals surface area (Å²) >= 11 is 1.25. The van der Waals surface area contributed by atoms with Gasteiger partial charge in [0.1, 0.15) is 4.21 Å². The van der Waals surface area contributed by atoms with E-state index in [1.165, 1.54) is 22.1 Å². The smallest absolute Gasteiger partial charge is 0.252 e. The second kappa shape index (κ2) is 5.06. The van der Waals surface area contributed by atoms with Crippen LogP contribution in [0.5, 0.6) is 0 Å². The van der Waals surface area contributed by atoms with E-state index in [1.807, 2.05) is 5.38 Å². The van der Waals surface area contributed by atoms with E-state index in [1.54, 1.807) is 13.1 Å². The first-order valence-corrected chi connectivity index (χ1v) is 8.10. The lowest BCUT2D eigenvalue weighted by atomic mass is 9.86. The molecule has 0 atom stereocenters. The normalized spacial score (nSPS) is 17.4. The van der Waals surface area contributed by atoms with Crippen LogP contribution < -0.4 is 5.73 Å². The fourth-order valence-electron chi connectivity index (χ4n) is 1.89. The summed E-state index contributed by atoms with van der Waals surface area (Å²) in [6, 6.07) is 1.68. The van der Waals surface area contributed by atoms with Gasteiger partial charge in [0, 0.05) is 20.1 Å². The van der Waals surface area contributed by atoms with Gasteiger partial charge in [-0.2, -0.15) is 4.31 Å². The van der Waals surface area contributed by atoms with E-state index in [0.29, 0.717) is 23.2 Å². The zero-order valence-corrected chi connectivity index (χ0v) is 11.6. The van der Waals surface area contributed by atoms with Gasteiger partial charge in [-0.1, -0.05) is 6.42 Å². The van der Waals surface area contributed by atoms with Gasteiger partial charge in [-0.25, -0.2) is 8.42 Å². The SMILES string of the molecule is CN(CC1CCC1)S(=O)(=O)c1cc(CN)cs1. The molecule has 0 radical (unpaired) electrons. The summed E-state index contributed by atoms with van der Waals surface area (Å²) in [6.45, 7) is 1.02. The second-order valence-electron chi connectivity index (χ2n) is 4.56. The molecule has 0 saturated heterocycles. The predicted octanol–water partition coefficient (Wildman–Crippen LogP) is 1.63. The number of rotatable bonds is 5. The van der Waals surface area contributed by atoms with Crippen LogP contribution in [0.15, 0.2) is 15.7 Å². The van der Waals surface area contributed by atoms with Gasteiger partial charge < -0.3 is 5.73 Å². The third kappa shape index (κ3) is 2.70. The third-order valence-electron chi connectivity index (χ3n) is 3.27. The number of hydrogen-bond acceptors (Lipinski definition) is 4. The minimum atomic E-state index is -3.30. The first-order valence-electron chi connectivity index (χ1n) is 5.78. The fourth-order valence-corrected chi connectivity index (χ4v) is 4.56. The monoisotopic (exact) mass is 274 g/mol. The fraction of sp³-hybridized carbons (Fsp3) is 0.636. The Kier molecular flexibility index (Phi) is 3.87. The molecular formula is C11H18N2O2S2. The lowest BCUT2D eigenvalue weighted by Gasteiger charge is -2.29. The van der Waals surface area contributed by atoms with Crippen LogP contribution in [0.2, 0.25) is 0 Å². The Morgan fingerprint density at radius 3 is 2.71 bits per heavy atom. The molecule has 1 heterocycles. The van der Waals surface area contributed by atoms with Crippen molar-refractivity contribution in [2.75, 3.05) is 13.6 Å². The highest BCUT2D eigenvalue weighted by Gasteiger charge is 2.27. The molecule has 1 aromatic heterocycles. The van der Waals surface area contributed by atoms with Crippen molar-refractivity contribution in [3.8, 4) is 0 Å². The van der Waals surface area contributed by atoms with Crippen LogP contribution in [-0.4, -0.2) is 26.3 Å². The van der Waals surface area contributed by atoms with Gasteiger partial charge in [0.15, 0.2) is 0 Å². The highest BCUT2D eigenvalue weighted by Crippen LogP contribution is 2.29. The van der Waals surface area contributed by atoms with E-state index >= 15 is 0 Å². The molecule has 17 heavy (non-hydrogen) atoms. The first-order chi connectivity index (χ1) is 8.04. The number of nitrogens with zero attached hydrogens (tertiary/aromatic N) is 1. The molecule has 4 nitrogen and oxygen atoms in total. The zero-order chi connectivity index (χ0) is 12.5. The zero-order valence-electron chi connectivity index (χ0n) is 9.93.